The number of rotatable bonds is 7. The third kappa shape index (κ3) is 5.28. The van der Waals surface area contributed by atoms with Crippen LogP contribution in [0.5, 0.6) is 0 Å². The number of amides is 1. The fourth-order valence-electron chi connectivity index (χ4n) is 4.14. The van der Waals surface area contributed by atoms with Crippen molar-refractivity contribution in [1.29, 1.82) is 0 Å². The van der Waals surface area contributed by atoms with Gasteiger partial charge in [0.15, 0.2) is 0 Å². The maximum absolute atomic E-state index is 12.0. The van der Waals surface area contributed by atoms with Crippen LogP contribution in [0, 0.1) is 5.92 Å². The van der Waals surface area contributed by atoms with Crippen molar-refractivity contribution >= 4 is 5.91 Å². The largest absolute Gasteiger partial charge is 0.383 e. The van der Waals surface area contributed by atoms with E-state index in [1.165, 1.54) is 51.6 Å². The van der Waals surface area contributed by atoms with E-state index in [0.29, 0.717) is 24.8 Å². The molecule has 1 N–H and O–H groups in total. The van der Waals surface area contributed by atoms with Gasteiger partial charge in [-0.2, -0.15) is 0 Å². The summed E-state index contributed by atoms with van der Waals surface area (Å²) in [6.45, 7) is 4.41. The van der Waals surface area contributed by atoms with Crippen molar-refractivity contribution in [3.05, 3.63) is 17.5 Å². The van der Waals surface area contributed by atoms with Gasteiger partial charge in [-0.1, -0.05) is 24.4 Å². The SMILES string of the molecule is COCCNC(=O)c1cc(C2CCCN(CC3CCCCC3)C2)no1. The van der Waals surface area contributed by atoms with Gasteiger partial charge in [-0.05, 0) is 38.1 Å². The second-order valence-electron chi connectivity index (χ2n) is 7.47. The first-order valence-corrected chi connectivity index (χ1v) is 9.72. The molecule has 1 saturated carbocycles. The first kappa shape index (κ1) is 18.4. The van der Waals surface area contributed by atoms with Gasteiger partial charge in [0.25, 0.3) is 5.91 Å². The number of hydrogen-bond donors (Lipinski definition) is 1. The number of ether oxygens (including phenoxy) is 1. The topological polar surface area (TPSA) is 67.6 Å². The maximum Gasteiger partial charge on any atom is 0.289 e. The van der Waals surface area contributed by atoms with Gasteiger partial charge < -0.3 is 19.5 Å². The van der Waals surface area contributed by atoms with Crippen LogP contribution in [0.4, 0.5) is 0 Å². The molecule has 0 aromatic carbocycles. The Labute approximate surface area is 150 Å². The Bertz CT molecular complexity index is 540. The first-order valence-electron chi connectivity index (χ1n) is 9.72. The van der Waals surface area contributed by atoms with E-state index in [1.807, 2.05) is 6.07 Å². The minimum absolute atomic E-state index is 0.217. The third-order valence-electron chi connectivity index (χ3n) is 5.51. The molecule has 2 aliphatic rings. The van der Waals surface area contributed by atoms with Gasteiger partial charge >= 0.3 is 0 Å². The quantitative estimate of drug-likeness (QED) is 0.767. The van der Waals surface area contributed by atoms with E-state index in [4.69, 9.17) is 9.26 Å². The Morgan fingerprint density at radius 2 is 2.16 bits per heavy atom. The Morgan fingerprint density at radius 1 is 1.32 bits per heavy atom. The molecule has 0 spiro atoms. The minimum atomic E-state index is -0.217. The smallest absolute Gasteiger partial charge is 0.289 e. The second kappa shape index (κ2) is 9.34. The van der Waals surface area contributed by atoms with Crippen molar-refractivity contribution in [3.8, 4) is 0 Å². The van der Waals surface area contributed by atoms with Gasteiger partial charge in [-0.25, -0.2) is 0 Å². The monoisotopic (exact) mass is 349 g/mol. The number of nitrogens with one attached hydrogen (secondary N) is 1. The van der Waals surface area contributed by atoms with E-state index in [2.05, 4.69) is 15.4 Å². The molecule has 6 heteroatoms. The molecule has 25 heavy (non-hydrogen) atoms. The molecular weight excluding hydrogens is 318 g/mol. The lowest BCUT2D eigenvalue weighted by Gasteiger charge is -2.35. The molecule has 1 unspecified atom stereocenters. The summed E-state index contributed by atoms with van der Waals surface area (Å²) in [5.41, 5.74) is 0.922. The molecular formula is C19H31N3O3. The molecule has 2 heterocycles. The molecule has 1 aliphatic heterocycles. The zero-order valence-electron chi connectivity index (χ0n) is 15.3. The summed E-state index contributed by atoms with van der Waals surface area (Å²) in [5.74, 6) is 1.33. The molecule has 0 bridgehead atoms. The van der Waals surface area contributed by atoms with Crippen LogP contribution in [0.1, 0.15) is 67.1 Å². The highest BCUT2D eigenvalue weighted by Gasteiger charge is 2.27. The van der Waals surface area contributed by atoms with Crippen LogP contribution >= 0.6 is 0 Å². The number of aromatic nitrogens is 1. The fraction of sp³-hybridized carbons (Fsp3) is 0.789. The van der Waals surface area contributed by atoms with Crippen LogP contribution < -0.4 is 5.32 Å². The number of nitrogens with zero attached hydrogens (tertiary/aromatic N) is 2. The summed E-state index contributed by atoms with van der Waals surface area (Å²) in [6, 6.07) is 1.82. The lowest BCUT2D eigenvalue weighted by Crippen LogP contribution is -2.38. The summed E-state index contributed by atoms with van der Waals surface area (Å²) in [7, 11) is 1.61. The van der Waals surface area contributed by atoms with E-state index in [9.17, 15) is 4.79 Å². The Kier molecular flexibility index (Phi) is 6.87. The molecule has 2 fully saturated rings. The molecule has 140 valence electrons. The summed E-state index contributed by atoms with van der Waals surface area (Å²) in [6.07, 6.45) is 9.29. The molecule has 1 aromatic rings. The van der Waals surface area contributed by atoms with Crippen molar-refractivity contribution in [2.45, 2.75) is 50.9 Å². The summed E-state index contributed by atoms with van der Waals surface area (Å²) in [4.78, 5) is 14.6. The summed E-state index contributed by atoms with van der Waals surface area (Å²) >= 11 is 0. The third-order valence-corrected chi connectivity index (χ3v) is 5.51. The molecule has 1 aliphatic carbocycles. The Hall–Kier alpha value is -1.40. The van der Waals surface area contributed by atoms with Crippen molar-refractivity contribution < 1.29 is 14.1 Å². The molecule has 1 saturated heterocycles. The standard InChI is InChI=1S/C19H31N3O3/c1-24-11-9-20-19(23)18-12-17(21-25-18)16-8-5-10-22(14-16)13-15-6-3-2-4-7-15/h12,15-16H,2-11,13-14H2,1H3,(H,20,23). The summed E-state index contributed by atoms with van der Waals surface area (Å²) < 4.78 is 10.2. The van der Waals surface area contributed by atoms with E-state index >= 15 is 0 Å². The van der Waals surface area contributed by atoms with Gasteiger partial charge in [0.1, 0.15) is 0 Å². The van der Waals surface area contributed by atoms with Gasteiger partial charge in [0, 0.05) is 38.7 Å². The molecule has 0 radical (unpaired) electrons. The number of carbonyl (C=O) groups excluding carboxylic acids is 1. The van der Waals surface area contributed by atoms with Gasteiger partial charge in [0.2, 0.25) is 5.76 Å². The Morgan fingerprint density at radius 3 is 2.96 bits per heavy atom. The zero-order valence-corrected chi connectivity index (χ0v) is 15.3. The van der Waals surface area contributed by atoms with Gasteiger partial charge in [-0.3, -0.25) is 4.79 Å². The molecule has 3 rings (SSSR count). The van der Waals surface area contributed by atoms with Crippen LogP contribution in [0.25, 0.3) is 0 Å². The molecule has 6 nitrogen and oxygen atoms in total. The van der Waals surface area contributed by atoms with E-state index < -0.39 is 0 Å². The van der Waals surface area contributed by atoms with Crippen LogP contribution in [0.15, 0.2) is 10.6 Å². The van der Waals surface area contributed by atoms with Crippen molar-refractivity contribution in [2.75, 3.05) is 39.9 Å². The highest BCUT2D eigenvalue weighted by Crippen LogP contribution is 2.30. The van der Waals surface area contributed by atoms with E-state index in [-0.39, 0.29) is 5.91 Å². The van der Waals surface area contributed by atoms with Gasteiger partial charge in [0.05, 0.1) is 12.3 Å². The highest BCUT2D eigenvalue weighted by molar-refractivity contribution is 5.91. The van der Waals surface area contributed by atoms with Gasteiger partial charge in [-0.15, -0.1) is 0 Å². The number of likely N-dealkylation sites (tertiary alicyclic amines) is 1. The fourth-order valence-corrected chi connectivity index (χ4v) is 4.14. The molecule has 1 atom stereocenters. The predicted molar refractivity (Wildman–Crippen MR) is 95.7 cm³/mol. The second-order valence-corrected chi connectivity index (χ2v) is 7.47. The van der Waals surface area contributed by atoms with E-state index in [1.54, 1.807) is 7.11 Å². The molecule has 1 amide bonds. The highest BCUT2D eigenvalue weighted by atomic mass is 16.5. The van der Waals surface area contributed by atoms with E-state index in [0.717, 1.165) is 24.6 Å². The minimum Gasteiger partial charge on any atom is -0.383 e. The Balaban J connectivity index is 1.51. The average Bonchev–Trinajstić information content (AvgIpc) is 3.13. The molecule has 1 aromatic heterocycles. The lowest BCUT2D eigenvalue weighted by atomic mass is 9.87. The van der Waals surface area contributed by atoms with Crippen LogP contribution in [-0.4, -0.2) is 55.9 Å². The number of carbonyl (C=O) groups is 1. The number of methoxy groups -OCH3 is 1. The summed E-state index contributed by atoms with van der Waals surface area (Å²) in [5, 5.41) is 6.95. The van der Waals surface area contributed by atoms with Crippen molar-refractivity contribution in [3.63, 3.8) is 0 Å². The normalized spacial score (nSPS) is 22.8. The number of piperidine rings is 1. The first-order chi connectivity index (χ1) is 12.3. The van der Waals surface area contributed by atoms with Crippen molar-refractivity contribution in [2.24, 2.45) is 5.92 Å². The number of hydrogen-bond acceptors (Lipinski definition) is 5. The zero-order chi connectivity index (χ0) is 17.5. The predicted octanol–water partition coefficient (Wildman–Crippen LogP) is 2.81. The average molecular weight is 349 g/mol. The van der Waals surface area contributed by atoms with Crippen LogP contribution in [0.2, 0.25) is 0 Å². The van der Waals surface area contributed by atoms with Crippen LogP contribution in [-0.2, 0) is 4.74 Å². The lowest BCUT2D eigenvalue weighted by molar-refractivity contribution is 0.0900. The van der Waals surface area contributed by atoms with Crippen molar-refractivity contribution in [1.82, 2.24) is 15.4 Å². The van der Waals surface area contributed by atoms with Crippen LogP contribution in [0.3, 0.4) is 0 Å². The maximum atomic E-state index is 12.0.